The van der Waals surface area contributed by atoms with Crippen molar-refractivity contribution in [2.24, 2.45) is 16.1 Å². The Hall–Kier alpha value is -2.40. The van der Waals surface area contributed by atoms with Gasteiger partial charge in [-0.05, 0) is 49.0 Å². The van der Waals surface area contributed by atoms with Crippen LogP contribution in [0.2, 0.25) is 0 Å². The molecule has 0 amide bonds. The highest BCUT2D eigenvalue weighted by molar-refractivity contribution is 7.90. The number of alkyl halides is 3. The van der Waals surface area contributed by atoms with Crippen molar-refractivity contribution < 1.29 is 30.4 Å². The Labute approximate surface area is 170 Å². The molecule has 0 radical (unpaired) electrons. The molecule has 1 aromatic carbocycles. The summed E-state index contributed by atoms with van der Waals surface area (Å²) >= 11 is 0. The van der Waals surface area contributed by atoms with E-state index in [0.717, 1.165) is 19.2 Å². The highest BCUT2D eigenvalue weighted by Crippen LogP contribution is 2.50. The van der Waals surface area contributed by atoms with Crippen LogP contribution >= 0.6 is 0 Å². The summed E-state index contributed by atoms with van der Waals surface area (Å²) in [6, 6.07) is 3.22. The summed E-state index contributed by atoms with van der Waals surface area (Å²) in [7, 11) is -4.87. The fourth-order valence-electron chi connectivity index (χ4n) is 3.85. The van der Waals surface area contributed by atoms with Gasteiger partial charge in [-0.2, -0.15) is 22.6 Å². The van der Waals surface area contributed by atoms with Crippen molar-refractivity contribution in [3.05, 3.63) is 65.9 Å². The van der Waals surface area contributed by atoms with Gasteiger partial charge in [-0.1, -0.05) is 19.2 Å². The lowest BCUT2D eigenvalue weighted by Crippen LogP contribution is -2.52. The SMILES string of the molecule is C=C1/C=C(/c2c(F)cccc2F)N=NC(=C)[C@@]2(N(C)S(=O)(=O)C(F)(F)F)CC[C@@H]1C2. The first-order valence-electron chi connectivity index (χ1n) is 8.82. The standard InChI is InChI=1S/C19H18F5N3O2S/c1-11-9-16(17-14(20)5-4-6-15(17)21)26-25-12(2)18(8-7-13(11)10-18)27(3)30(28,29)19(22,23)24/h4-6,9,13H,1-2,7-8,10H2,3H3/b16-9-,26-25?/t13-,18-/m1/s1. The fraction of sp³-hybridized carbons (Fsp3) is 0.368. The summed E-state index contributed by atoms with van der Waals surface area (Å²) in [4.78, 5) is 0. The Morgan fingerprint density at radius 2 is 1.77 bits per heavy atom. The lowest BCUT2D eigenvalue weighted by Gasteiger charge is -2.37. The minimum Gasteiger partial charge on any atom is -0.206 e. The number of nitrogens with zero attached hydrogens (tertiary/aromatic N) is 3. The molecule has 5 nitrogen and oxygen atoms in total. The van der Waals surface area contributed by atoms with E-state index < -0.39 is 44.2 Å². The first-order chi connectivity index (χ1) is 13.8. The Morgan fingerprint density at radius 1 is 1.17 bits per heavy atom. The molecule has 1 fully saturated rings. The van der Waals surface area contributed by atoms with Gasteiger partial charge in [-0.15, -0.1) is 5.11 Å². The molecule has 1 aliphatic heterocycles. The first-order valence-corrected chi connectivity index (χ1v) is 10.3. The van der Waals surface area contributed by atoms with Crippen molar-refractivity contribution in [3.8, 4) is 0 Å². The maximum absolute atomic E-state index is 14.2. The Bertz CT molecular complexity index is 1060. The van der Waals surface area contributed by atoms with Crippen molar-refractivity contribution in [2.45, 2.75) is 30.3 Å². The zero-order valence-electron chi connectivity index (χ0n) is 15.9. The molecule has 1 saturated carbocycles. The van der Waals surface area contributed by atoms with Gasteiger partial charge >= 0.3 is 15.5 Å². The molecule has 162 valence electrons. The van der Waals surface area contributed by atoms with Crippen LogP contribution in [-0.4, -0.2) is 30.8 Å². The molecule has 1 heterocycles. The molecule has 0 N–H and O–H groups in total. The third-order valence-corrected chi connectivity index (χ3v) is 7.28. The van der Waals surface area contributed by atoms with E-state index in [4.69, 9.17) is 0 Å². The third-order valence-electron chi connectivity index (χ3n) is 5.63. The number of hydrogen-bond donors (Lipinski definition) is 0. The van der Waals surface area contributed by atoms with E-state index in [0.29, 0.717) is 5.57 Å². The van der Waals surface area contributed by atoms with Crippen molar-refractivity contribution in [1.29, 1.82) is 0 Å². The van der Waals surface area contributed by atoms with Crippen LogP contribution in [0.5, 0.6) is 0 Å². The molecule has 2 bridgehead atoms. The quantitative estimate of drug-likeness (QED) is 0.601. The largest absolute Gasteiger partial charge is 0.511 e. The lowest BCUT2D eigenvalue weighted by molar-refractivity contribution is -0.0506. The van der Waals surface area contributed by atoms with E-state index in [-0.39, 0.29) is 35.0 Å². The summed E-state index contributed by atoms with van der Waals surface area (Å²) in [5.74, 6) is -2.27. The molecule has 0 spiro atoms. The molecule has 0 unspecified atom stereocenters. The normalized spacial score (nSPS) is 26.9. The fourth-order valence-corrected chi connectivity index (χ4v) is 4.89. The van der Waals surface area contributed by atoms with Gasteiger partial charge in [0.05, 0.1) is 22.5 Å². The first kappa shape index (κ1) is 22.3. The monoisotopic (exact) mass is 447 g/mol. The van der Waals surface area contributed by atoms with E-state index >= 15 is 0 Å². The molecule has 11 heteroatoms. The van der Waals surface area contributed by atoms with Gasteiger partial charge in [0.1, 0.15) is 11.6 Å². The average molecular weight is 447 g/mol. The molecule has 30 heavy (non-hydrogen) atoms. The zero-order valence-corrected chi connectivity index (χ0v) is 16.7. The predicted octanol–water partition coefficient (Wildman–Crippen LogP) is 5.16. The number of sulfonamides is 1. The second kappa shape index (κ2) is 7.38. The average Bonchev–Trinajstić information content (AvgIpc) is 3.11. The highest BCUT2D eigenvalue weighted by Gasteiger charge is 2.58. The Balaban J connectivity index is 2.12. The Kier molecular flexibility index (Phi) is 5.48. The van der Waals surface area contributed by atoms with E-state index in [1.807, 2.05) is 0 Å². The number of azo groups is 1. The van der Waals surface area contributed by atoms with Crippen molar-refractivity contribution in [3.63, 3.8) is 0 Å². The second-order valence-electron chi connectivity index (χ2n) is 7.24. The molecule has 0 aromatic heterocycles. The number of allylic oxidation sites excluding steroid dienone is 2. The Morgan fingerprint density at radius 3 is 2.33 bits per heavy atom. The molecule has 2 atom stereocenters. The molecule has 2 aliphatic rings. The summed E-state index contributed by atoms with van der Waals surface area (Å²) in [5, 5.41) is 7.60. The van der Waals surface area contributed by atoms with E-state index in [9.17, 15) is 30.4 Å². The van der Waals surface area contributed by atoms with Gasteiger partial charge in [-0.3, -0.25) is 0 Å². The van der Waals surface area contributed by atoms with Gasteiger partial charge in [0.2, 0.25) is 0 Å². The van der Waals surface area contributed by atoms with Crippen LogP contribution in [0.15, 0.2) is 58.9 Å². The molecule has 3 rings (SSSR count). The van der Waals surface area contributed by atoms with Gasteiger partial charge in [-0.25, -0.2) is 17.2 Å². The summed E-state index contributed by atoms with van der Waals surface area (Å²) < 4.78 is 92.3. The van der Waals surface area contributed by atoms with Crippen LogP contribution in [0.1, 0.15) is 24.8 Å². The third kappa shape index (κ3) is 3.49. The summed E-state index contributed by atoms with van der Waals surface area (Å²) in [6.07, 6.45) is 1.54. The maximum atomic E-state index is 14.2. The van der Waals surface area contributed by atoms with Crippen molar-refractivity contribution in [1.82, 2.24) is 4.31 Å². The van der Waals surface area contributed by atoms with Crippen molar-refractivity contribution >= 4 is 15.7 Å². The number of likely N-dealkylation sites (N-methyl/N-ethyl adjacent to an activating group) is 1. The topological polar surface area (TPSA) is 62.1 Å². The molecular formula is C19H18F5N3O2S. The van der Waals surface area contributed by atoms with E-state index in [1.165, 1.54) is 12.1 Å². The highest BCUT2D eigenvalue weighted by atomic mass is 32.2. The predicted molar refractivity (Wildman–Crippen MR) is 100 cm³/mol. The van der Waals surface area contributed by atoms with Gasteiger partial charge in [0, 0.05) is 7.05 Å². The summed E-state index contributed by atoms with van der Waals surface area (Å²) in [5.41, 5.74) is -7.80. The summed E-state index contributed by atoms with van der Waals surface area (Å²) in [6.45, 7) is 7.50. The van der Waals surface area contributed by atoms with Crippen LogP contribution in [0.3, 0.4) is 0 Å². The number of benzene rings is 1. The number of halogens is 5. The van der Waals surface area contributed by atoms with Crippen LogP contribution in [-0.2, 0) is 10.0 Å². The van der Waals surface area contributed by atoms with Crippen molar-refractivity contribution in [2.75, 3.05) is 7.05 Å². The lowest BCUT2D eigenvalue weighted by atomic mass is 9.90. The maximum Gasteiger partial charge on any atom is 0.511 e. The number of rotatable bonds is 3. The zero-order chi connectivity index (χ0) is 22.5. The minimum atomic E-state index is -5.69. The smallest absolute Gasteiger partial charge is 0.206 e. The molecule has 1 aliphatic carbocycles. The molecule has 1 aromatic rings. The van der Waals surface area contributed by atoms with Gasteiger partial charge in [0.25, 0.3) is 0 Å². The van der Waals surface area contributed by atoms with Gasteiger partial charge in [0.15, 0.2) is 0 Å². The van der Waals surface area contributed by atoms with Crippen LogP contribution < -0.4 is 0 Å². The van der Waals surface area contributed by atoms with Crippen LogP contribution in [0.25, 0.3) is 5.70 Å². The van der Waals surface area contributed by atoms with Gasteiger partial charge < -0.3 is 0 Å². The minimum absolute atomic E-state index is 0.0115. The number of hydrogen-bond acceptors (Lipinski definition) is 4. The second-order valence-corrected chi connectivity index (χ2v) is 9.20. The molecule has 0 saturated heterocycles. The van der Waals surface area contributed by atoms with Crippen LogP contribution in [0.4, 0.5) is 22.0 Å². The van der Waals surface area contributed by atoms with E-state index in [2.05, 4.69) is 23.4 Å². The van der Waals surface area contributed by atoms with Crippen LogP contribution in [0, 0.1) is 17.6 Å². The molecular weight excluding hydrogens is 429 g/mol. The van der Waals surface area contributed by atoms with E-state index in [1.54, 1.807) is 0 Å². The number of fused-ring (bicyclic) bond motifs is 2.